The van der Waals surface area contributed by atoms with Gasteiger partial charge < -0.3 is 9.84 Å². The Labute approximate surface area is 134 Å². The van der Waals surface area contributed by atoms with Gasteiger partial charge in [0.25, 0.3) is 0 Å². The van der Waals surface area contributed by atoms with E-state index in [1.807, 2.05) is 0 Å². The maximum absolute atomic E-state index is 10.6. The Bertz CT molecular complexity index is 600. The SMILES string of the molecule is COc1c2c(cc(O)c1C(C)C)[C@@]1(C)CCCC(C)(C)[C@H]1C2. The highest BCUT2D eigenvalue weighted by Crippen LogP contribution is 2.61. The molecule has 1 aromatic rings. The van der Waals surface area contributed by atoms with E-state index in [0.29, 0.717) is 17.1 Å². The first-order valence-corrected chi connectivity index (χ1v) is 8.65. The summed E-state index contributed by atoms with van der Waals surface area (Å²) in [6.45, 7) is 11.5. The molecule has 1 fully saturated rings. The summed E-state index contributed by atoms with van der Waals surface area (Å²) in [7, 11) is 1.75. The van der Waals surface area contributed by atoms with Crippen molar-refractivity contribution in [3.8, 4) is 11.5 Å². The summed E-state index contributed by atoms with van der Waals surface area (Å²) in [6, 6.07) is 2.05. The zero-order valence-corrected chi connectivity index (χ0v) is 14.9. The van der Waals surface area contributed by atoms with Crippen LogP contribution in [0.3, 0.4) is 0 Å². The van der Waals surface area contributed by atoms with Crippen LogP contribution in [0.2, 0.25) is 0 Å². The number of phenols is 1. The molecule has 2 heteroatoms. The van der Waals surface area contributed by atoms with Crippen molar-refractivity contribution in [1.29, 1.82) is 0 Å². The van der Waals surface area contributed by atoms with Crippen molar-refractivity contribution in [2.45, 2.75) is 71.6 Å². The van der Waals surface area contributed by atoms with Gasteiger partial charge in [-0.05, 0) is 59.1 Å². The highest BCUT2D eigenvalue weighted by molar-refractivity contribution is 5.60. The molecule has 3 rings (SSSR count). The van der Waals surface area contributed by atoms with E-state index in [-0.39, 0.29) is 11.3 Å². The minimum absolute atomic E-state index is 0.178. The normalized spacial score (nSPS) is 29.3. The predicted octanol–water partition coefficient (Wildman–Crippen LogP) is 5.16. The van der Waals surface area contributed by atoms with Gasteiger partial charge in [-0.3, -0.25) is 0 Å². The molecule has 0 unspecified atom stereocenters. The first kappa shape index (κ1) is 15.7. The van der Waals surface area contributed by atoms with Crippen LogP contribution in [0.5, 0.6) is 11.5 Å². The van der Waals surface area contributed by atoms with Gasteiger partial charge in [0, 0.05) is 5.56 Å². The van der Waals surface area contributed by atoms with Gasteiger partial charge in [-0.15, -0.1) is 0 Å². The molecule has 1 N–H and O–H groups in total. The Kier molecular flexibility index (Phi) is 3.50. The van der Waals surface area contributed by atoms with E-state index in [0.717, 1.165) is 17.7 Å². The number of methoxy groups -OCH3 is 1. The predicted molar refractivity (Wildman–Crippen MR) is 90.9 cm³/mol. The molecule has 0 bridgehead atoms. The average molecular weight is 302 g/mol. The fourth-order valence-corrected chi connectivity index (χ4v) is 5.36. The molecule has 0 heterocycles. The molecule has 0 amide bonds. The first-order valence-electron chi connectivity index (χ1n) is 8.65. The summed E-state index contributed by atoms with van der Waals surface area (Å²) in [5.41, 5.74) is 4.19. The van der Waals surface area contributed by atoms with Crippen LogP contribution in [0.25, 0.3) is 0 Å². The van der Waals surface area contributed by atoms with E-state index in [4.69, 9.17) is 4.74 Å². The topological polar surface area (TPSA) is 29.5 Å². The van der Waals surface area contributed by atoms with Crippen LogP contribution in [0.1, 0.15) is 76.5 Å². The van der Waals surface area contributed by atoms with Crippen molar-refractivity contribution in [1.82, 2.24) is 0 Å². The lowest BCUT2D eigenvalue weighted by Crippen LogP contribution is -2.42. The smallest absolute Gasteiger partial charge is 0.129 e. The molecule has 2 aliphatic carbocycles. The third-order valence-corrected chi connectivity index (χ3v) is 6.44. The van der Waals surface area contributed by atoms with Crippen molar-refractivity contribution in [2.75, 3.05) is 7.11 Å². The molecule has 0 saturated heterocycles. The van der Waals surface area contributed by atoms with E-state index in [1.54, 1.807) is 7.11 Å². The number of rotatable bonds is 2. The van der Waals surface area contributed by atoms with Crippen LogP contribution in [0.4, 0.5) is 0 Å². The van der Waals surface area contributed by atoms with E-state index < -0.39 is 0 Å². The summed E-state index contributed by atoms with van der Waals surface area (Å²) in [4.78, 5) is 0. The Hall–Kier alpha value is -1.18. The number of ether oxygens (including phenoxy) is 1. The number of benzene rings is 1. The van der Waals surface area contributed by atoms with Gasteiger partial charge in [0.05, 0.1) is 7.11 Å². The summed E-state index contributed by atoms with van der Waals surface area (Å²) >= 11 is 0. The number of fused-ring (bicyclic) bond motifs is 3. The van der Waals surface area contributed by atoms with Crippen LogP contribution >= 0.6 is 0 Å². The van der Waals surface area contributed by atoms with Gasteiger partial charge in [-0.25, -0.2) is 0 Å². The molecule has 0 aliphatic heterocycles. The van der Waals surface area contributed by atoms with Gasteiger partial charge >= 0.3 is 0 Å². The number of aromatic hydroxyl groups is 1. The Balaban J connectivity index is 2.23. The van der Waals surface area contributed by atoms with Crippen LogP contribution in [0.15, 0.2) is 6.07 Å². The second kappa shape index (κ2) is 4.91. The van der Waals surface area contributed by atoms with E-state index in [9.17, 15) is 5.11 Å². The Morgan fingerprint density at radius 1 is 1.23 bits per heavy atom. The number of phenolic OH excluding ortho intramolecular Hbond substituents is 1. The van der Waals surface area contributed by atoms with E-state index in [2.05, 4.69) is 40.7 Å². The fraction of sp³-hybridized carbons (Fsp3) is 0.700. The molecule has 1 saturated carbocycles. The van der Waals surface area contributed by atoms with Gasteiger partial charge in [-0.1, -0.05) is 41.0 Å². The van der Waals surface area contributed by atoms with Gasteiger partial charge in [0.1, 0.15) is 11.5 Å². The number of hydrogen-bond acceptors (Lipinski definition) is 2. The standard InChI is InChI=1S/C20H30O2/c1-12(2)17-15(21)11-14-13(18(17)22-6)10-16-19(3,4)8-7-9-20(14,16)5/h11-12,16,21H,7-10H2,1-6H3/t16-,20-/m1/s1. The molecule has 2 aliphatic rings. The second-order valence-electron chi connectivity index (χ2n) is 8.54. The third-order valence-electron chi connectivity index (χ3n) is 6.44. The Morgan fingerprint density at radius 3 is 2.50 bits per heavy atom. The van der Waals surface area contributed by atoms with Crippen molar-refractivity contribution in [3.05, 3.63) is 22.8 Å². The first-order chi connectivity index (χ1) is 10.2. The molecule has 2 nitrogen and oxygen atoms in total. The van der Waals surface area contributed by atoms with Gasteiger partial charge in [0.15, 0.2) is 0 Å². The lowest BCUT2D eigenvalue weighted by molar-refractivity contribution is 0.0701. The second-order valence-corrected chi connectivity index (χ2v) is 8.54. The van der Waals surface area contributed by atoms with E-state index >= 15 is 0 Å². The molecular weight excluding hydrogens is 272 g/mol. The molecule has 22 heavy (non-hydrogen) atoms. The molecule has 1 aromatic carbocycles. The van der Waals surface area contributed by atoms with E-state index in [1.165, 1.54) is 30.4 Å². The largest absolute Gasteiger partial charge is 0.508 e. The molecular formula is C20H30O2. The summed E-state index contributed by atoms with van der Waals surface area (Å²) in [5, 5.41) is 10.6. The minimum atomic E-state index is 0.178. The summed E-state index contributed by atoms with van der Waals surface area (Å²) in [6.07, 6.45) is 4.88. The summed E-state index contributed by atoms with van der Waals surface area (Å²) < 4.78 is 5.79. The lowest BCUT2D eigenvalue weighted by Gasteiger charge is -2.47. The average Bonchev–Trinajstić information content (AvgIpc) is 2.71. The quantitative estimate of drug-likeness (QED) is 0.817. The van der Waals surface area contributed by atoms with Crippen LogP contribution in [0, 0.1) is 11.3 Å². The maximum atomic E-state index is 10.6. The van der Waals surface area contributed by atoms with Crippen LogP contribution < -0.4 is 4.74 Å². The van der Waals surface area contributed by atoms with Crippen LogP contribution in [-0.4, -0.2) is 12.2 Å². The Morgan fingerprint density at radius 2 is 1.91 bits per heavy atom. The van der Waals surface area contributed by atoms with Crippen molar-refractivity contribution in [3.63, 3.8) is 0 Å². The molecule has 0 radical (unpaired) electrons. The summed E-state index contributed by atoms with van der Waals surface area (Å²) in [5.74, 6) is 2.26. The third kappa shape index (κ3) is 1.99. The monoisotopic (exact) mass is 302 g/mol. The fourth-order valence-electron chi connectivity index (χ4n) is 5.36. The van der Waals surface area contributed by atoms with Crippen molar-refractivity contribution in [2.24, 2.45) is 11.3 Å². The lowest BCUT2D eigenvalue weighted by atomic mass is 9.57. The zero-order chi connectivity index (χ0) is 16.3. The van der Waals surface area contributed by atoms with Crippen LogP contribution in [-0.2, 0) is 11.8 Å². The number of hydrogen-bond donors (Lipinski definition) is 1. The molecule has 2 atom stereocenters. The maximum Gasteiger partial charge on any atom is 0.129 e. The zero-order valence-electron chi connectivity index (χ0n) is 14.9. The highest BCUT2D eigenvalue weighted by atomic mass is 16.5. The highest BCUT2D eigenvalue weighted by Gasteiger charge is 2.53. The molecule has 122 valence electrons. The van der Waals surface area contributed by atoms with Crippen molar-refractivity contribution < 1.29 is 9.84 Å². The van der Waals surface area contributed by atoms with Gasteiger partial charge in [-0.2, -0.15) is 0 Å². The minimum Gasteiger partial charge on any atom is -0.508 e. The van der Waals surface area contributed by atoms with Crippen molar-refractivity contribution >= 4 is 0 Å². The van der Waals surface area contributed by atoms with Gasteiger partial charge in [0.2, 0.25) is 0 Å². The molecule has 0 aromatic heterocycles. The molecule has 0 spiro atoms.